The highest BCUT2D eigenvalue weighted by molar-refractivity contribution is 6.31. The third kappa shape index (κ3) is 4.59. The van der Waals surface area contributed by atoms with Crippen molar-refractivity contribution in [1.82, 2.24) is 10.2 Å². The Morgan fingerprint density at radius 2 is 1.86 bits per heavy atom. The van der Waals surface area contributed by atoms with Gasteiger partial charge in [0.1, 0.15) is 0 Å². The van der Waals surface area contributed by atoms with E-state index in [-0.39, 0.29) is 5.92 Å². The number of allylic oxidation sites excluding steroid dienone is 1. The topological polar surface area (TPSA) is 70.3 Å². The number of halogens is 2. The number of nitrogens with zero attached hydrogens (tertiary/aromatic N) is 2. The van der Waals surface area contributed by atoms with Crippen LogP contribution in [0.3, 0.4) is 0 Å². The second-order valence-electron chi connectivity index (χ2n) is 8.40. The predicted octanol–water partition coefficient (Wildman–Crippen LogP) is 7.37. The van der Waals surface area contributed by atoms with Crippen molar-refractivity contribution in [2.24, 2.45) is 5.92 Å². The molecule has 172 valence electrons. The van der Waals surface area contributed by atoms with Crippen molar-refractivity contribution >= 4 is 51.4 Å². The van der Waals surface area contributed by atoms with E-state index in [0.29, 0.717) is 21.6 Å². The lowest BCUT2D eigenvalue weighted by molar-refractivity contribution is -0.131. The minimum atomic E-state index is -1.02. The van der Waals surface area contributed by atoms with E-state index in [1.54, 1.807) is 24.3 Å². The number of nitrogens with one attached hydrogen (secondary N) is 1. The molecule has 0 atom stereocenters. The molecule has 1 heterocycles. The third-order valence-corrected chi connectivity index (χ3v) is 6.27. The summed E-state index contributed by atoms with van der Waals surface area (Å²) < 4.78 is 14.4. The predicted molar refractivity (Wildman–Crippen MR) is 136 cm³/mol. The number of fused-ring (bicyclic) bond motifs is 1. The van der Waals surface area contributed by atoms with E-state index < -0.39 is 11.9 Å². The number of carbonyl (C=O) groups is 1. The van der Waals surface area contributed by atoms with Gasteiger partial charge in [-0.3, -0.25) is 5.10 Å². The first kappa shape index (κ1) is 22.6. The Kier molecular flexibility index (Phi) is 5.94. The first-order valence-electron chi connectivity index (χ1n) is 11.0. The number of carboxylic acids is 1. The number of H-pyrrole nitrogens is 1. The zero-order valence-electron chi connectivity index (χ0n) is 18.4. The van der Waals surface area contributed by atoms with Crippen molar-refractivity contribution < 1.29 is 14.3 Å². The van der Waals surface area contributed by atoms with Gasteiger partial charge in [-0.2, -0.15) is 9.49 Å². The molecule has 1 saturated carbocycles. The molecule has 4 aromatic rings. The Balaban J connectivity index is 1.77. The molecule has 1 fully saturated rings. The molecule has 1 aliphatic rings. The summed E-state index contributed by atoms with van der Waals surface area (Å²) in [6, 6.07) is 18.3. The summed E-state index contributed by atoms with van der Waals surface area (Å²) in [4.78, 5) is 14.6. The van der Waals surface area contributed by atoms with Gasteiger partial charge in [0.25, 0.3) is 0 Å². The molecular formula is C28H19ClFN3O2. The fraction of sp³-hybridized carbons (Fsp3) is 0.107. The number of hydrogen-bond acceptors (Lipinski definition) is 2. The first-order chi connectivity index (χ1) is 16.9. The van der Waals surface area contributed by atoms with Crippen molar-refractivity contribution in [3.05, 3.63) is 111 Å². The van der Waals surface area contributed by atoms with Gasteiger partial charge in [-0.1, -0.05) is 48.0 Å². The van der Waals surface area contributed by atoms with Crippen LogP contribution in [0.4, 0.5) is 10.1 Å². The molecule has 7 heteroatoms. The van der Waals surface area contributed by atoms with Gasteiger partial charge in [-0.15, -0.1) is 0 Å². The minimum Gasteiger partial charge on any atom is -0.478 e. The number of aromatic nitrogens is 2. The number of benzene rings is 3. The van der Waals surface area contributed by atoms with Crippen LogP contribution in [0.1, 0.15) is 35.1 Å². The minimum absolute atomic E-state index is 0.253. The molecule has 5 nitrogen and oxygen atoms in total. The maximum absolute atomic E-state index is 14.4. The van der Waals surface area contributed by atoms with E-state index in [9.17, 15) is 9.18 Å². The number of aromatic amines is 1. The summed E-state index contributed by atoms with van der Waals surface area (Å²) >= 11 is 6.19. The van der Waals surface area contributed by atoms with Gasteiger partial charge in [0.2, 0.25) is 5.95 Å². The monoisotopic (exact) mass is 483 g/mol. The smallest absolute Gasteiger partial charge is 0.328 e. The van der Waals surface area contributed by atoms with Gasteiger partial charge in [-0.05, 0) is 82.5 Å². The van der Waals surface area contributed by atoms with Crippen molar-refractivity contribution in [2.45, 2.75) is 12.8 Å². The summed E-state index contributed by atoms with van der Waals surface area (Å²) in [5.74, 6) is -1.27. The molecule has 5 rings (SSSR count). The lowest BCUT2D eigenvalue weighted by Gasteiger charge is -2.19. The summed E-state index contributed by atoms with van der Waals surface area (Å²) in [7, 11) is 0. The maximum Gasteiger partial charge on any atom is 0.328 e. The maximum atomic E-state index is 14.4. The van der Waals surface area contributed by atoms with Gasteiger partial charge in [0.15, 0.2) is 5.69 Å². The van der Waals surface area contributed by atoms with Crippen molar-refractivity contribution in [3.8, 4) is 0 Å². The molecule has 0 bridgehead atoms. The fourth-order valence-electron chi connectivity index (χ4n) is 4.30. The Bertz CT molecular complexity index is 1560. The second-order valence-corrected chi connectivity index (χ2v) is 8.84. The molecule has 1 aromatic heterocycles. The van der Waals surface area contributed by atoms with Crippen LogP contribution in [0.5, 0.6) is 0 Å². The SMILES string of the molecule is [C-]#[N+]c1cc(Cl)ccc1/C(=C(\c1ccc(/C=C/C(=O)O)cc1)c1ccc2n[nH]c(F)c2c1)C1CC1. The van der Waals surface area contributed by atoms with E-state index in [0.717, 1.165) is 52.3 Å². The van der Waals surface area contributed by atoms with E-state index in [2.05, 4.69) is 15.0 Å². The largest absolute Gasteiger partial charge is 0.478 e. The number of hydrogen-bond donors (Lipinski definition) is 2. The first-order valence-corrected chi connectivity index (χ1v) is 11.4. The highest BCUT2D eigenvalue weighted by Crippen LogP contribution is 2.50. The summed E-state index contributed by atoms with van der Waals surface area (Å²) in [6.45, 7) is 7.74. The van der Waals surface area contributed by atoms with Crippen molar-refractivity contribution in [3.63, 3.8) is 0 Å². The van der Waals surface area contributed by atoms with Crippen molar-refractivity contribution in [1.29, 1.82) is 0 Å². The second kappa shape index (κ2) is 9.21. The van der Waals surface area contributed by atoms with Crippen LogP contribution in [0.2, 0.25) is 5.02 Å². The van der Waals surface area contributed by atoms with Crippen LogP contribution in [0, 0.1) is 18.4 Å². The van der Waals surface area contributed by atoms with E-state index in [4.69, 9.17) is 23.3 Å². The van der Waals surface area contributed by atoms with Gasteiger partial charge in [0, 0.05) is 11.1 Å². The van der Waals surface area contributed by atoms with Gasteiger partial charge < -0.3 is 5.11 Å². The van der Waals surface area contributed by atoms with Gasteiger partial charge in [-0.25, -0.2) is 9.64 Å². The molecular weight excluding hydrogens is 465 g/mol. The lowest BCUT2D eigenvalue weighted by atomic mass is 9.86. The molecule has 2 N–H and O–H groups in total. The Morgan fingerprint density at radius 1 is 1.11 bits per heavy atom. The van der Waals surface area contributed by atoms with Crippen LogP contribution in [-0.4, -0.2) is 21.3 Å². The van der Waals surface area contributed by atoms with Gasteiger partial charge >= 0.3 is 5.97 Å². The van der Waals surface area contributed by atoms with Crippen LogP contribution in [-0.2, 0) is 4.79 Å². The Morgan fingerprint density at radius 3 is 2.54 bits per heavy atom. The summed E-state index contributed by atoms with van der Waals surface area (Å²) in [5, 5.41) is 16.2. The molecule has 0 aliphatic heterocycles. The Hall–Kier alpha value is -4.21. The van der Waals surface area contributed by atoms with Crippen LogP contribution < -0.4 is 0 Å². The van der Waals surface area contributed by atoms with E-state index in [1.807, 2.05) is 36.4 Å². The van der Waals surface area contributed by atoms with Gasteiger partial charge in [0.05, 0.1) is 17.5 Å². The molecule has 1 aliphatic carbocycles. The molecule has 0 unspecified atom stereocenters. The highest BCUT2D eigenvalue weighted by Gasteiger charge is 2.32. The third-order valence-electron chi connectivity index (χ3n) is 6.04. The van der Waals surface area contributed by atoms with Crippen LogP contribution in [0.15, 0.2) is 66.7 Å². The number of rotatable bonds is 6. The summed E-state index contributed by atoms with van der Waals surface area (Å²) in [6.07, 6.45) is 4.59. The zero-order valence-corrected chi connectivity index (χ0v) is 19.2. The average Bonchev–Trinajstić information content (AvgIpc) is 3.64. The van der Waals surface area contributed by atoms with Crippen LogP contribution >= 0.6 is 11.6 Å². The Labute approximate surface area is 206 Å². The lowest BCUT2D eigenvalue weighted by Crippen LogP contribution is -1.98. The number of carboxylic acid groups (broad SMARTS) is 1. The highest BCUT2D eigenvalue weighted by atomic mass is 35.5. The molecule has 35 heavy (non-hydrogen) atoms. The molecule has 0 amide bonds. The molecule has 0 spiro atoms. The molecule has 0 saturated heterocycles. The molecule has 3 aromatic carbocycles. The fourth-order valence-corrected chi connectivity index (χ4v) is 4.46. The summed E-state index contributed by atoms with van der Waals surface area (Å²) in [5.41, 5.74) is 6.15. The zero-order chi connectivity index (χ0) is 24.5. The normalized spacial score (nSPS) is 14.2. The standard InChI is InChI=1S/C28H19ClFN3O2/c1-31-24-15-20(29)10-11-21(24)27(18-7-8-18)26(17-5-2-16(3-6-17)4-13-25(34)35)19-9-12-23-22(14-19)28(30)33-32-23/h2-6,9-15,18H,7-8H2,(H,32,33)(H,34,35)/b13-4+,27-26+. The average molecular weight is 484 g/mol. The molecule has 0 radical (unpaired) electrons. The van der Waals surface area contributed by atoms with Crippen molar-refractivity contribution in [2.75, 3.05) is 0 Å². The van der Waals surface area contributed by atoms with E-state index in [1.165, 1.54) is 6.08 Å². The van der Waals surface area contributed by atoms with E-state index >= 15 is 0 Å². The number of aliphatic carboxylic acids is 1. The quantitative estimate of drug-likeness (QED) is 0.171. The van der Waals surface area contributed by atoms with Crippen LogP contribution in [0.25, 0.3) is 33.0 Å².